The Morgan fingerprint density at radius 2 is 1.00 bits per heavy atom. The van der Waals surface area contributed by atoms with Gasteiger partial charge in [0.05, 0.1) is 0 Å². The molecule has 0 aromatic heterocycles. The van der Waals surface area contributed by atoms with Gasteiger partial charge in [-0.3, -0.25) is 0 Å². The molecule has 0 saturated heterocycles. The summed E-state index contributed by atoms with van der Waals surface area (Å²) in [6, 6.07) is 29.3. The molecule has 0 aliphatic carbocycles. The lowest BCUT2D eigenvalue weighted by molar-refractivity contribution is 0.588. The van der Waals surface area contributed by atoms with Gasteiger partial charge in [0.15, 0.2) is 0 Å². The molecule has 0 N–H and O–H groups in total. The Morgan fingerprint density at radius 3 is 1.51 bits per heavy atom. The van der Waals surface area contributed by atoms with Gasteiger partial charge in [0.1, 0.15) is 0 Å². The molecule has 2 atom stereocenters. The first-order valence-corrected chi connectivity index (χ1v) is 17.2. The van der Waals surface area contributed by atoms with Gasteiger partial charge in [-0.05, 0) is 99.1 Å². The summed E-state index contributed by atoms with van der Waals surface area (Å²) in [6.45, 7) is 31.0. The van der Waals surface area contributed by atoms with Crippen LogP contribution in [-0.2, 0) is 6.42 Å². The summed E-state index contributed by atoms with van der Waals surface area (Å²) < 4.78 is 0. The summed E-state index contributed by atoms with van der Waals surface area (Å²) >= 11 is 0. The van der Waals surface area contributed by atoms with Gasteiger partial charge in [-0.15, -0.1) is 0 Å². The van der Waals surface area contributed by atoms with Crippen LogP contribution in [0.4, 0.5) is 0 Å². The number of benzene rings is 4. The molecule has 0 heteroatoms. The lowest BCUT2D eigenvalue weighted by Crippen LogP contribution is -2.07. The van der Waals surface area contributed by atoms with Crippen molar-refractivity contribution in [2.75, 3.05) is 0 Å². The molecule has 0 heterocycles. The van der Waals surface area contributed by atoms with E-state index in [1.807, 2.05) is 27.7 Å². The van der Waals surface area contributed by atoms with E-state index in [-0.39, 0.29) is 0 Å². The second kappa shape index (κ2) is 19.4. The van der Waals surface area contributed by atoms with Crippen LogP contribution < -0.4 is 0 Å². The standard InChI is InChI=1S/C26H38.C13H14.2C2H6/c1-9-22-10-12-23(13-11-22)19(6)14-20(7)26-16-24(17(2)3)15-25(18(4)5)21(26)8;1-10(2)12-8-7-11-5-3-4-6-13(11)9-12;2*1-2/h10-13,15-20H,9,14H2,1-8H3;3-10H,1-2H3;2*1-2H3. The van der Waals surface area contributed by atoms with Gasteiger partial charge >= 0.3 is 0 Å². The summed E-state index contributed by atoms with van der Waals surface area (Å²) in [5.41, 5.74) is 10.4. The molecule has 0 radical (unpaired) electrons. The van der Waals surface area contributed by atoms with Crippen LogP contribution in [0.2, 0.25) is 0 Å². The maximum absolute atomic E-state index is 2.48. The first-order chi connectivity index (χ1) is 20.5. The first-order valence-electron chi connectivity index (χ1n) is 17.2. The Hall–Kier alpha value is -2.86. The van der Waals surface area contributed by atoms with Gasteiger partial charge < -0.3 is 0 Å². The third-order valence-corrected chi connectivity index (χ3v) is 8.43. The molecule has 0 amide bonds. The molecule has 0 nitrogen and oxygen atoms in total. The molecule has 0 fully saturated rings. The summed E-state index contributed by atoms with van der Waals surface area (Å²) in [7, 11) is 0. The molecule has 2 unspecified atom stereocenters. The topological polar surface area (TPSA) is 0 Å². The summed E-state index contributed by atoms with van der Waals surface area (Å²) in [6.07, 6.45) is 2.32. The highest BCUT2D eigenvalue weighted by atomic mass is 14.2. The van der Waals surface area contributed by atoms with Crippen LogP contribution in [0, 0.1) is 6.92 Å². The molecule has 43 heavy (non-hydrogen) atoms. The molecule has 0 aliphatic heterocycles. The molecule has 4 rings (SSSR count). The normalized spacial score (nSPS) is 12.1. The highest BCUT2D eigenvalue weighted by molar-refractivity contribution is 5.83. The number of hydrogen-bond donors (Lipinski definition) is 0. The Kier molecular flexibility index (Phi) is 17.2. The fourth-order valence-electron chi connectivity index (χ4n) is 5.67. The zero-order valence-corrected chi connectivity index (χ0v) is 30.3. The van der Waals surface area contributed by atoms with Crippen molar-refractivity contribution >= 4 is 10.8 Å². The molecular weight excluding hydrogens is 516 g/mol. The zero-order chi connectivity index (χ0) is 32.7. The summed E-state index contributed by atoms with van der Waals surface area (Å²) in [4.78, 5) is 0. The average molecular weight is 581 g/mol. The summed E-state index contributed by atoms with van der Waals surface area (Å²) in [5, 5.41) is 2.67. The second-order valence-corrected chi connectivity index (χ2v) is 12.5. The molecular formula is C43H64. The molecule has 0 saturated carbocycles. The predicted molar refractivity (Wildman–Crippen MR) is 197 cm³/mol. The molecule has 0 spiro atoms. The van der Waals surface area contributed by atoms with E-state index in [0.29, 0.717) is 29.6 Å². The van der Waals surface area contributed by atoms with Crippen LogP contribution in [0.5, 0.6) is 0 Å². The molecule has 0 aliphatic rings. The van der Waals surface area contributed by atoms with E-state index >= 15 is 0 Å². The molecule has 4 aromatic carbocycles. The smallest absolute Gasteiger partial charge is 0.0181 e. The van der Waals surface area contributed by atoms with Crippen molar-refractivity contribution in [3.8, 4) is 0 Å². The fraction of sp³-hybridized carbons (Fsp3) is 0.488. The Bertz CT molecular complexity index is 1320. The lowest BCUT2D eigenvalue weighted by atomic mass is 9.81. The highest BCUT2D eigenvalue weighted by Crippen LogP contribution is 2.36. The second-order valence-electron chi connectivity index (χ2n) is 12.5. The van der Waals surface area contributed by atoms with E-state index in [1.165, 1.54) is 50.6 Å². The van der Waals surface area contributed by atoms with Crippen LogP contribution in [0.1, 0.15) is 165 Å². The Balaban J connectivity index is 0.000000452. The molecule has 236 valence electrons. The van der Waals surface area contributed by atoms with E-state index in [1.54, 1.807) is 5.56 Å². The average Bonchev–Trinajstić information content (AvgIpc) is 3.02. The van der Waals surface area contributed by atoms with Crippen molar-refractivity contribution < 1.29 is 0 Å². The van der Waals surface area contributed by atoms with E-state index in [0.717, 1.165) is 6.42 Å². The summed E-state index contributed by atoms with van der Waals surface area (Å²) in [5.74, 6) is 2.94. The van der Waals surface area contributed by atoms with Crippen molar-refractivity contribution in [1.29, 1.82) is 0 Å². The highest BCUT2D eigenvalue weighted by Gasteiger charge is 2.19. The number of fused-ring (bicyclic) bond motifs is 1. The monoisotopic (exact) mass is 581 g/mol. The number of rotatable bonds is 8. The van der Waals surface area contributed by atoms with Gasteiger partial charge in [-0.1, -0.05) is 169 Å². The van der Waals surface area contributed by atoms with E-state index in [2.05, 4.69) is 148 Å². The van der Waals surface area contributed by atoms with Crippen molar-refractivity contribution in [2.45, 2.75) is 139 Å². The van der Waals surface area contributed by atoms with Crippen molar-refractivity contribution in [3.05, 3.63) is 118 Å². The van der Waals surface area contributed by atoms with Crippen LogP contribution in [0.25, 0.3) is 10.8 Å². The van der Waals surface area contributed by atoms with E-state index < -0.39 is 0 Å². The molecule has 0 bridgehead atoms. The zero-order valence-electron chi connectivity index (χ0n) is 30.3. The van der Waals surface area contributed by atoms with Crippen molar-refractivity contribution in [1.82, 2.24) is 0 Å². The van der Waals surface area contributed by atoms with Gasteiger partial charge in [0.25, 0.3) is 0 Å². The number of aryl methyl sites for hydroxylation is 1. The van der Waals surface area contributed by atoms with Crippen LogP contribution in [-0.4, -0.2) is 0 Å². The Morgan fingerprint density at radius 1 is 0.488 bits per heavy atom. The van der Waals surface area contributed by atoms with Crippen LogP contribution in [0.15, 0.2) is 78.9 Å². The van der Waals surface area contributed by atoms with Gasteiger partial charge in [-0.2, -0.15) is 0 Å². The lowest BCUT2D eigenvalue weighted by Gasteiger charge is -2.24. The van der Waals surface area contributed by atoms with Gasteiger partial charge in [-0.25, -0.2) is 0 Å². The first kappa shape index (κ1) is 38.2. The van der Waals surface area contributed by atoms with E-state index in [4.69, 9.17) is 0 Å². The number of hydrogen-bond acceptors (Lipinski definition) is 0. The maximum Gasteiger partial charge on any atom is -0.0181 e. The van der Waals surface area contributed by atoms with Crippen molar-refractivity contribution in [3.63, 3.8) is 0 Å². The maximum atomic E-state index is 2.48. The van der Waals surface area contributed by atoms with Crippen LogP contribution in [0.3, 0.4) is 0 Å². The van der Waals surface area contributed by atoms with Gasteiger partial charge in [0.2, 0.25) is 0 Å². The van der Waals surface area contributed by atoms with Crippen LogP contribution >= 0.6 is 0 Å². The Labute approximate surface area is 267 Å². The predicted octanol–water partition coefficient (Wildman–Crippen LogP) is 14.1. The quantitative estimate of drug-likeness (QED) is 0.194. The van der Waals surface area contributed by atoms with Crippen molar-refractivity contribution in [2.24, 2.45) is 0 Å². The third-order valence-electron chi connectivity index (χ3n) is 8.43. The SMILES string of the molecule is CC.CC.CC(C)c1ccc2ccccc2c1.CCc1ccc(C(C)CC(C)c2cc(C(C)C)cc(C(C)C)c2C)cc1. The van der Waals surface area contributed by atoms with Gasteiger partial charge in [0, 0.05) is 0 Å². The minimum Gasteiger partial charge on any atom is -0.0683 e. The third kappa shape index (κ3) is 11.3. The molecule has 4 aromatic rings. The van der Waals surface area contributed by atoms with E-state index in [9.17, 15) is 0 Å². The fourth-order valence-corrected chi connectivity index (χ4v) is 5.67. The largest absolute Gasteiger partial charge is 0.0683 e. The minimum atomic E-state index is 0.576. The minimum absolute atomic E-state index is 0.576.